The van der Waals surface area contributed by atoms with Gasteiger partial charge in [0.2, 0.25) is 5.91 Å². The molecule has 5 heteroatoms. The average Bonchev–Trinajstić information content (AvgIpc) is 2.36. The predicted molar refractivity (Wildman–Crippen MR) is 78.9 cm³/mol. The van der Waals surface area contributed by atoms with Gasteiger partial charge in [0.15, 0.2) is 0 Å². The first-order valence-corrected chi connectivity index (χ1v) is 6.68. The van der Waals surface area contributed by atoms with E-state index in [1.807, 2.05) is 6.92 Å². The molecule has 19 heavy (non-hydrogen) atoms. The van der Waals surface area contributed by atoms with Crippen molar-refractivity contribution < 1.29 is 9.53 Å². The molecular formula is C14H21ClN2O2. The quantitative estimate of drug-likeness (QED) is 0.844. The Morgan fingerprint density at radius 3 is 2.63 bits per heavy atom. The summed E-state index contributed by atoms with van der Waals surface area (Å²) in [6.45, 7) is 6.31. The van der Waals surface area contributed by atoms with E-state index in [-0.39, 0.29) is 18.5 Å². The number of benzene rings is 1. The van der Waals surface area contributed by atoms with E-state index in [1.165, 1.54) is 0 Å². The molecule has 0 bridgehead atoms. The summed E-state index contributed by atoms with van der Waals surface area (Å²) < 4.78 is 5.20. The van der Waals surface area contributed by atoms with Gasteiger partial charge in [0, 0.05) is 11.1 Å². The maximum Gasteiger partial charge on any atom is 0.239 e. The Kier molecular flexibility index (Phi) is 5.96. The van der Waals surface area contributed by atoms with Crippen molar-refractivity contribution in [3.05, 3.63) is 23.2 Å². The number of ether oxygens (including phenoxy) is 1. The lowest BCUT2D eigenvalue weighted by Crippen LogP contribution is -2.39. The van der Waals surface area contributed by atoms with Crippen LogP contribution in [0, 0.1) is 5.92 Å². The smallest absolute Gasteiger partial charge is 0.239 e. The molecule has 106 valence electrons. The van der Waals surface area contributed by atoms with Crippen molar-refractivity contribution in [1.82, 2.24) is 5.32 Å². The zero-order valence-electron chi connectivity index (χ0n) is 11.8. The van der Waals surface area contributed by atoms with Crippen molar-refractivity contribution in [1.29, 1.82) is 0 Å². The molecule has 0 saturated carbocycles. The number of hydrogen-bond donors (Lipinski definition) is 2. The van der Waals surface area contributed by atoms with Crippen LogP contribution < -0.4 is 15.4 Å². The molecule has 1 aromatic carbocycles. The Hall–Kier alpha value is -1.42. The van der Waals surface area contributed by atoms with Crippen molar-refractivity contribution in [2.45, 2.75) is 26.8 Å². The molecule has 4 nitrogen and oxygen atoms in total. The molecular weight excluding hydrogens is 264 g/mol. The molecule has 0 aromatic heterocycles. The second-order valence-electron chi connectivity index (χ2n) is 4.80. The van der Waals surface area contributed by atoms with Gasteiger partial charge in [-0.25, -0.2) is 0 Å². The third-order valence-corrected chi connectivity index (χ3v) is 3.22. The van der Waals surface area contributed by atoms with Crippen LogP contribution in [0.5, 0.6) is 5.75 Å². The molecule has 1 atom stereocenters. The summed E-state index contributed by atoms with van der Waals surface area (Å²) in [5, 5.41) is 6.55. The van der Waals surface area contributed by atoms with Crippen LogP contribution in [0.2, 0.25) is 5.02 Å². The SMILES string of the molecule is COc1ccc(Cl)cc1NCC(=O)NC(C)C(C)C. The van der Waals surface area contributed by atoms with E-state index >= 15 is 0 Å². The Balaban J connectivity index is 2.57. The summed E-state index contributed by atoms with van der Waals surface area (Å²) in [4.78, 5) is 11.8. The van der Waals surface area contributed by atoms with Gasteiger partial charge in [0.05, 0.1) is 19.3 Å². The van der Waals surface area contributed by atoms with E-state index in [0.29, 0.717) is 22.4 Å². The highest BCUT2D eigenvalue weighted by Gasteiger charge is 2.11. The molecule has 1 unspecified atom stereocenters. The van der Waals surface area contributed by atoms with Crippen LogP contribution in [0.3, 0.4) is 0 Å². The number of methoxy groups -OCH3 is 1. The largest absolute Gasteiger partial charge is 0.495 e. The van der Waals surface area contributed by atoms with Crippen LogP contribution >= 0.6 is 11.6 Å². The monoisotopic (exact) mass is 284 g/mol. The highest BCUT2D eigenvalue weighted by atomic mass is 35.5. The van der Waals surface area contributed by atoms with Gasteiger partial charge >= 0.3 is 0 Å². The normalized spacial score (nSPS) is 12.1. The predicted octanol–water partition coefficient (Wildman–Crippen LogP) is 2.92. The lowest BCUT2D eigenvalue weighted by atomic mass is 10.1. The highest BCUT2D eigenvalue weighted by molar-refractivity contribution is 6.30. The number of carbonyl (C=O) groups is 1. The minimum Gasteiger partial charge on any atom is -0.495 e. The first-order chi connectivity index (χ1) is 8.93. The second kappa shape index (κ2) is 7.24. The van der Waals surface area contributed by atoms with Gasteiger partial charge in [-0.2, -0.15) is 0 Å². The van der Waals surface area contributed by atoms with Crippen molar-refractivity contribution in [3.8, 4) is 5.75 Å². The number of anilines is 1. The van der Waals surface area contributed by atoms with Crippen LogP contribution in [0.15, 0.2) is 18.2 Å². The number of halogens is 1. The van der Waals surface area contributed by atoms with Crippen molar-refractivity contribution in [2.24, 2.45) is 5.92 Å². The van der Waals surface area contributed by atoms with E-state index in [4.69, 9.17) is 16.3 Å². The summed E-state index contributed by atoms with van der Waals surface area (Å²) in [6, 6.07) is 5.39. The standard InChI is InChI=1S/C14H21ClN2O2/c1-9(2)10(3)17-14(18)8-16-12-7-11(15)5-6-13(12)19-4/h5-7,9-10,16H,8H2,1-4H3,(H,17,18). The lowest BCUT2D eigenvalue weighted by molar-refractivity contribution is -0.120. The Morgan fingerprint density at radius 2 is 2.05 bits per heavy atom. The topological polar surface area (TPSA) is 50.4 Å². The maximum atomic E-state index is 11.8. The zero-order chi connectivity index (χ0) is 14.4. The molecule has 0 fully saturated rings. The Bertz CT molecular complexity index is 435. The number of hydrogen-bond acceptors (Lipinski definition) is 3. The molecule has 0 aliphatic carbocycles. The molecule has 0 heterocycles. The van der Waals surface area contributed by atoms with Crippen molar-refractivity contribution >= 4 is 23.2 Å². The number of rotatable bonds is 6. The van der Waals surface area contributed by atoms with Gasteiger partial charge in [0.25, 0.3) is 0 Å². The van der Waals surface area contributed by atoms with Crippen molar-refractivity contribution in [2.75, 3.05) is 19.0 Å². The van der Waals surface area contributed by atoms with E-state index in [0.717, 1.165) is 0 Å². The van der Waals surface area contributed by atoms with Gasteiger partial charge in [-0.3, -0.25) is 4.79 Å². The van der Waals surface area contributed by atoms with Crippen LogP contribution in [0.4, 0.5) is 5.69 Å². The molecule has 1 amide bonds. The summed E-state index contributed by atoms with van der Waals surface area (Å²) >= 11 is 5.92. The molecule has 1 rings (SSSR count). The van der Waals surface area contributed by atoms with Gasteiger partial charge < -0.3 is 15.4 Å². The van der Waals surface area contributed by atoms with E-state index in [9.17, 15) is 4.79 Å². The van der Waals surface area contributed by atoms with Gasteiger partial charge in [0.1, 0.15) is 5.75 Å². The van der Waals surface area contributed by atoms with Crippen LogP contribution in [0.25, 0.3) is 0 Å². The molecule has 0 aliphatic rings. The number of nitrogens with one attached hydrogen (secondary N) is 2. The van der Waals surface area contributed by atoms with Gasteiger partial charge in [-0.05, 0) is 31.0 Å². The third kappa shape index (κ3) is 4.99. The first kappa shape index (κ1) is 15.6. The van der Waals surface area contributed by atoms with Gasteiger partial charge in [-0.1, -0.05) is 25.4 Å². The zero-order valence-corrected chi connectivity index (χ0v) is 12.5. The van der Waals surface area contributed by atoms with Gasteiger partial charge in [-0.15, -0.1) is 0 Å². The lowest BCUT2D eigenvalue weighted by Gasteiger charge is -2.18. The third-order valence-electron chi connectivity index (χ3n) is 2.99. The number of carbonyl (C=O) groups excluding carboxylic acids is 1. The fourth-order valence-corrected chi connectivity index (χ4v) is 1.64. The van der Waals surface area contributed by atoms with Crippen molar-refractivity contribution in [3.63, 3.8) is 0 Å². The first-order valence-electron chi connectivity index (χ1n) is 6.30. The van der Waals surface area contributed by atoms with Crippen LogP contribution in [-0.2, 0) is 4.79 Å². The van der Waals surface area contributed by atoms with E-state index in [1.54, 1.807) is 25.3 Å². The molecule has 1 aromatic rings. The second-order valence-corrected chi connectivity index (χ2v) is 5.23. The minimum absolute atomic E-state index is 0.0526. The fraction of sp³-hybridized carbons (Fsp3) is 0.500. The molecule has 0 radical (unpaired) electrons. The molecule has 2 N–H and O–H groups in total. The summed E-state index contributed by atoms with van der Waals surface area (Å²) in [5.74, 6) is 1.02. The summed E-state index contributed by atoms with van der Waals surface area (Å²) in [6.07, 6.45) is 0. The Labute approximate surface area is 119 Å². The van der Waals surface area contributed by atoms with Crippen LogP contribution in [-0.4, -0.2) is 25.6 Å². The number of amides is 1. The fourth-order valence-electron chi connectivity index (χ4n) is 1.47. The summed E-state index contributed by atoms with van der Waals surface area (Å²) in [5.41, 5.74) is 0.711. The van der Waals surface area contributed by atoms with E-state index in [2.05, 4.69) is 24.5 Å². The summed E-state index contributed by atoms with van der Waals surface area (Å²) in [7, 11) is 1.58. The minimum atomic E-state index is -0.0526. The molecule has 0 spiro atoms. The van der Waals surface area contributed by atoms with Crippen LogP contribution in [0.1, 0.15) is 20.8 Å². The maximum absolute atomic E-state index is 11.8. The molecule has 0 saturated heterocycles. The van der Waals surface area contributed by atoms with E-state index < -0.39 is 0 Å². The Morgan fingerprint density at radius 1 is 1.37 bits per heavy atom. The highest BCUT2D eigenvalue weighted by Crippen LogP contribution is 2.27. The average molecular weight is 285 g/mol. The molecule has 0 aliphatic heterocycles.